The number of nitrogens with one attached hydrogen (secondary N) is 2. The van der Waals surface area contributed by atoms with Gasteiger partial charge >= 0.3 is 0 Å². The van der Waals surface area contributed by atoms with Crippen LogP contribution in [-0.4, -0.2) is 25.0 Å². The van der Waals surface area contributed by atoms with Crippen molar-refractivity contribution in [3.8, 4) is 0 Å². The van der Waals surface area contributed by atoms with Crippen LogP contribution in [0.25, 0.3) is 0 Å². The van der Waals surface area contributed by atoms with Gasteiger partial charge < -0.3 is 10.6 Å². The quantitative estimate of drug-likeness (QED) is 0.790. The molecule has 0 spiro atoms. The summed E-state index contributed by atoms with van der Waals surface area (Å²) in [5.74, 6) is 0.794. The number of piperidine rings is 1. The minimum Gasteiger partial charge on any atom is -0.352 e. The number of unbranched alkanes of at least 4 members (excludes halogenated alkanes) is 1. The zero-order valence-electron chi connectivity index (χ0n) is 13.3. The van der Waals surface area contributed by atoms with E-state index in [0.29, 0.717) is 18.4 Å². The summed E-state index contributed by atoms with van der Waals surface area (Å²) in [4.78, 5) is 12.0. The van der Waals surface area contributed by atoms with Crippen LogP contribution in [0.3, 0.4) is 0 Å². The minimum absolute atomic E-state index is 0.208. The molecule has 3 nitrogen and oxygen atoms in total. The van der Waals surface area contributed by atoms with E-state index in [1.165, 1.54) is 11.1 Å². The van der Waals surface area contributed by atoms with Crippen LogP contribution >= 0.6 is 0 Å². The van der Waals surface area contributed by atoms with Crippen molar-refractivity contribution in [2.24, 2.45) is 5.92 Å². The number of aryl methyl sites for hydroxylation is 2. The summed E-state index contributed by atoms with van der Waals surface area (Å²) in [6, 6.07) is 8.98. The fourth-order valence-electron chi connectivity index (χ4n) is 2.83. The molecule has 0 aromatic heterocycles. The van der Waals surface area contributed by atoms with Gasteiger partial charge in [-0.05, 0) is 50.6 Å². The normalized spacial score (nSPS) is 22.0. The second-order valence-corrected chi connectivity index (χ2v) is 6.34. The number of hydrogen-bond donors (Lipinski definition) is 2. The molecule has 0 saturated carbocycles. The third kappa shape index (κ3) is 5.50. The average molecular weight is 288 g/mol. The third-order valence-electron chi connectivity index (χ3n) is 4.41. The Balaban J connectivity index is 1.61. The monoisotopic (exact) mass is 288 g/mol. The molecule has 2 rings (SSSR count). The molecular formula is C18H28N2O. The molecule has 0 bridgehead atoms. The molecule has 1 aromatic carbocycles. The van der Waals surface area contributed by atoms with Crippen molar-refractivity contribution >= 4 is 5.91 Å². The van der Waals surface area contributed by atoms with E-state index in [2.05, 4.69) is 48.7 Å². The molecule has 1 heterocycles. The highest BCUT2D eigenvalue weighted by atomic mass is 16.1. The van der Waals surface area contributed by atoms with Crippen molar-refractivity contribution in [3.63, 3.8) is 0 Å². The Bertz CT molecular complexity index is 441. The Morgan fingerprint density at radius 3 is 2.76 bits per heavy atom. The van der Waals surface area contributed by atoms with E-state index in [1.807, 2.05) is 0 Å². The molecule has 1 aromatic rings. The van der Waals surface area contributed by atoms with Crippen LogP contribution < -0.4 is 10.6 Å². The number of carbonyl (C=O) groups is 1. The smallest absolute Gasteiger partial charge is 0.220 e. The lowest BCUT2D eigenvalue weighted by molar-refractivity contribution is -0.122. The molecular weight excluding hydrogens is 260 g/mol. The highest BCUT2D eigenvalue weighted by Gasteiger charge is 2.22. The van der Waals surface area contributed by atoms with Crippen molar-refractivity contribution in [2.45, 2.75) is 52.0 Å². The van der Waals surface area contributed by atoms with Gasteiger partial charge in [-0.3, -0.25) is 4.79 Å². The molecule has 2 N–H and O–H groups in total. The minimum atomic E-state index is 0.208. The fourth-order valence-corrected chi connectivity index (χ4v) is 2.83. The van der Waals surface area contributed by atoms with Crippen LogP contribution in [0.1, 0.15) is 43.7 Å². The second-order valence-electron chi connectivity index (χ2n) is 6.34. The van der Waals surface area contributed by atoms with E-state index in [1.54, 1.807) is 0 Å². The van der Waals surface area contributed by atoms with E-state index in [0.717, 1.165) is 38.8 Å². The largest absolute Gasteiger partial charge is 0.352 e. The number of hydrogen-bond acceptors (Lipinski definition) is 2. The van der Waals surface area contributed by atoms with E-state index < -0.39 is 0 Å². The first-order valence-electron chi connectivity index (χ1n) is 8.21. The fraction of sp³-hybridized carbons (Fsp3) is 0.611. The van der Waals surface area contributed by atoms with Gasteiger partial charge in [0.1, 0.15) is 0 Å². The van der Waals surface area contributed by atoms with E-state index in [9.17, 15) is 4.79 Å². The van der Waals surface area contributed by atoms with Gasteiger partial charge in [0.05, 0.1) is 0 Å². The predicted molar refractivity (Wildman–Crippen MR) is 87.3 cm³/mol. The Hall–Kier alpha value is -1.35. The molecule has 0 aliphatic carbocycles. The SMILES string of the molecule is Cc1ccc(CCCCC(=O)NC2CNCCC2C)cc1. The molecule has 1 aliphatic rings. The molecule has 2 atom stereocenters. The molecule has 0 radical (unpaired) electrons. The summed E-state index contributed by atoms with van der Waals surface area (Å²) in [5.41, 5.74) is 2.67. The highest BCUT2D eigenvalue weighted by molar-refractivity contribution is 5.76. The van der Waals surface area contributed by atoms with Crippen LogP contribution in [0.5, 0.6) is 0 Å². The summed E-state index contributed by atoms with van der Waals surface area (Å²) in [6.45, 7) is 6.32. The first-order chi connectivity index (χ1) is 10.1. The van der Waals surface area contributed by atoms with Crippen molar-refractivity contribution in [3.05, 3.63) is 35.4 Å². The lowest BCUT2D eigenvalue weighted by atomic mass is 9.94. The van der Waals surface area contributed by atoms with Crippen molar-refractivity contribution in [2.75, 3.05) is 13.1 Å². The molecule has 2 unspecified atom stereocenters. The maximum atomic E-state index is 12.0. The number of rotatable bonds is 6. The van der Waals surface area contributed by atoms with Gasteiger partial charge in [-0.2, -0.15) is 0 Å². The summed E-state index contributed by atoms with van der Waals surface area (Å²) < 4.78 is 0. The van der Waals surface area contributed by atoms with E-state index >= 15 is 0 Å². The average Bonchev–Trinajstić information content (AvgIpc) is 2.48. The summed E-state index contributed by atoms with van der Waals surface area (Å²) in [6.07, 6.45) is 4.91. The van der Waals surface area contributed by atoms with Crippen LogP contribution in [0.15, 0.2) is 24.3 Å². The Morgan fingerprint density at radius 1 is 1.29 bits per heavy atom. The van der Waals surface area contributed by atoms with Crippen LogP contribution in [-0.2, 0) is 11.2 Å². The summed E-state index contributed by atoms with van der Waals surface area (Å²) in [5, 5.41) is 6.52. The van der Waals surface area contributed by atoms with Crippen molar-refractivity contribution in [1.29, 1.82) is 0 Å². The van der Waals surface area contributed by atoms with Gasteiger partial charge in [-0.25, -0.2) is 0 Å². The van der Waals surface area contributed by atoms with Crippen LogP contribution in [0.4, 0.5) is 0 Å². The van der Waals surface area contributed by atoms with Crippen LogP contribution in [0.2, 0.25) is 0 Å². The van der Waals surface area contributed by atoms with Gasteiger partial charge in [0.15, 0.2) is 0 Å². The second kappa shape index (κ2) is 8.18. The molecule has 1 fully saturated rings. The molecule has 3 heteroatoms. The predicted octanol–water partition coefficient (Wildman–Crippen LogP) is 2.82. The van der Waals surface area contributed by atoms with Crippen LogP contribution in [0, 0.1) is 12.8 Å². The zero-order valence-corrected chi connectivity index (χ0v) is 13.3. The Kier molecular flexibility index (Phi) is 6.24. The molecule has 21 heavy (non-hydrogen) atoms. The van der Waals surface area contributed by atoms with E-state index in [4.69, 9.17) is 0 Å². The molecule has 1 aliphatic heterocycles. The summed E-state index contributed by atoms with van der Waals surface area (Å²) >= 11 is 0. The first-order valence-corrected chi connectivity index (χ1v) is 8.21. The lowest BCUT2D eigenvalue weighted by Crippen LogP contribution is -2.50. The molecule has 116 valence electrons. The number of amides is 1. The Labute approximate surface area is 128 Å². The van der Waals surface area contributed by atoms with Gasteiger partial charge in [0.2, 0.25) is 5.91 Å². The number of benzene rings is 1. The Morgan fingerprint density at radius 2 is 2.05 bits per heavy atom. The van der Waals surface area contributed by atoms with Crippen molar-refractivity contribution in [1.82, 2.24) is 10.6 Å². The summed E-state index contributed by atoms with van der Waals surface area (Å²) in [7, 11) is 0. The third-order valence-corrected chi connectivity index (χ3v) is 4.41. The highest BCUT2D eigenvalue weighted by Crippen LogP contribution is 2.12. The van der Waals surface area contributed by atoms with Crippen molar-refractivity contribution < 1.29 is 4.79 Å². The molecule has 1 amide bonds. The van der Waals surface area contributed by atoms with Gasteiger partial charge in [0.25, 0.3) is 0 Å². The molecule has 1 saturated heterocycles. The lowest BCUT2D eigenvalue weighted by Gasteiger charge is -2.30. The first kappa shape index (κ1) is 16.0. The van der Waals surface area contributed by atoms with Gasteiger partial charge in [-0.1, -0.05) is 36.8 Å². The maximum absolute atomic E-state index is 12.0. The van der Waals surface area contributed by atoms with Gasteiger partial charge in [0, 0.05) is 19.0 Å². The number of carbonyl (C=O) groups excluding carboxylic acids is 1. The standard InChI is InChI=1S/C18H28N2O/c1-14-7-9-16(10-8-14)5-3-4-6-18(21)20-17-13-19-12-11-15(17)2/h7-10,15,17,19H,3-6,11-13H2,1-2H3,(H,20,21). The maximum Gasteiger partial charge on any atom is 0.220 e. The van der Waals surface area contributed by atoms with E-state index in [-0.39, 0.29) is 5.91 Å². The van der Waals surface area contributed by atoms with Gasteiger partial charge in [-0.15, -0.1) is 0 Å². The topological polar surface area (TPSA) is 41.1 Å². The zero-order chi connectivity index (χ0) is 15.1.